The molecule has 0 radical (unpaired) electrons. The Balaban J connectivity index is 1.83. The van der Waals surface area contributed by atoms with E-state index in [1.807, 2.05) is 65.0 Å². The fraction of sp³-hybridized carbons (Fsp3) is 0.176. The Labute approximate surface area is 133 Å². The molecule has 3 aromatic rings. The molecule has 0 fully saturated rings. The van der Waals surface area contributed by atoms with Crippen LogP contribution >= 0.6 is 11.3 Å². The molecule has 3 rings (SSSR count). The molecule has 2 aromatic heterocycles. The molecule has 112 valence electrons. The van der Waals surface area contributed by atoms with Crippen LogP contribution in [0.25, 0.3) is 0 Å². The average molecular weight is 311 g/mol. The van der Waals surface area contributed by atoms with Crippen molar-refractivity contribution in [1.29, 1.82) is 0 Å². The second-order valence-electron chi connectivity index (χ2n) is 5.12. The first-order chi connectivity index (χ1) is 10.7. The third kappa shape index (κ3) is 3.26. The fourth-order valence-corrected chi connectivity index (χ4v) is 3.06. The van der Waals surface area contributed by atoms with E-state index in [4.69, 9.17) is 0 Å². The van der Waals surface area contributed by atoms with E-state index in [2.05, 4.69) is 10.3 Å². The number of nitrogens with one attached hydrogen (secondary N) is 1. The van der Waals surface area contributed by atoms with Gasteiger partial charge in [0.1, 0.15) is 11.9 Å². The smallest absolute Gasteiger partial charge is 0.225 e. The molecule has 1 amide bonds. The summed E-state index contributed by atoms with van der Waals surface area (Å²) < 4.78 is 1.93. The van der Waals surface area contributed by atoms with E-state index in [1.165, 1.54) is 0 Å². The first-order valence-corrected chi connectivity index (χ1v) is 8.01. The van der Waals surface area contributed by atoms with Crippen LogP contribution in [0.3, 0.4) is 0 Å². The van der Waals surface area contributed by atoms with Crippen LogP contribution in [0, 0.1) is 0 Å². The van der Waals surface area contributed by atoms with Crippen LogP contribution in [0.5, 0.6) is 0 Å². The number of hydrogen-bond acceptors (Lipinski definition) is 3. The largest absolute Gasteiger partial charge is 0.342 e. The molecule has 1 aromatic carbocycles. The van der Waals surface area contributed by atoms with Crippen molar-refractivity contribution in [1.82, 2.24) is 14.9 Å². The summed E-state index contributed by atoms with van der Waals surface area (Å²) in [5.41, 5.74) is 2.06. The second-order valence-corrected chi connectivity index (χ2v) is 5.90. The highest BCUT2D eigenvalue weighted by Crippen LogP contribution is 2.20. The van der Waals surface area contributed by atoms with Crippen molar-refractivity contribution in [2.45, 2.75) is 12.5 Å². The van der Waals surface area contributed by atoms with Gasteiger partial charge in [-0.1, -0.05) is 30.3 Å². The third-order valence-corrected chi connectivity index (χ3v) is 4.23. The lowest BCUT2D eigenvalue weighted by molar-refractivity contribution is -0.121. The van der Waals surface area contributed by atoms with E-state index < -0.39 is 0 Å². The Kier molecular flexibility index (Phi) is 4.34. The molecule has 0 aliphatic carbocycles. The summed E-state index contributed by atoms with van der Waals surface area (Å²) >= 11 is 1.60. The lowest BCUT2D eigenvalue weighted by Gasteiger charge is -2.19. The predicted octanol–water partition coefficient (Wildman–Crippen LogP) is 2.93. The number of carbonyl (C=O) groups is 1. The van der Waals surface area contributed by atoms with E-state index in [0.29, 0.717) is 6.42 Å². The quantitative estimate of drug-likeness (QED) is 0.787. The van der Waals surface area contributed by atoms with Gasteiger partial charge < -0.3 is 9.88 Å². The summed E-state index contributed by atoms with van der Waals surface area (Å²) in [5, 5.41) is 7.08. The Morgan fingerprint density at radius 2 is 2.14 bits per heavy atom. The zero-order valence-electron chi connectivity index (χ0n) is 12.3. The van der Waals surface area contributed by atoms with Crippen molar-refractivity contribution in [2.75, 3.05) is 0 Å². The normalized spacial score (nSPS) is 12.0. The number of imidazole rings is 1. The molecule has 1 unspecified atom stereocenters. The fourth-order valence-electron chi connectivity index (χ4n) is 2.39. The zero-order valence-corrected chi connectivity index (χ0v) is 13.1. The number of amides is 1. The Bertz CT molecular complexity index is 734. The monoisotopic (exact) mass is 311 g/mol. The standard InChI is InChI=1S/C17H17N3OS/c1-20-9-8-18-17(20)16(14-5-3-2-4-6-14)19-15(21)11-13-7-10-22-12-13/h2-10,12,16H,11H2,1H3,(H,19,21). The molecule has 1 N–H and O–H groups in total. The van der Waals surface area contributed by atoms with Gasteiger partial charge in [0.2, 0.25) is 5.91 Å². The lowest BCUT2D eigenvalue weighted by Crippen LogP contribution is -2.32. The number of benzene rings is 1. The molecular weight excluding hydrogens is 294 g/mol. The summed E-state index contributed by atoms with van der Waals surface area (Å²) in [6, 6.07) is 11.6. The third-order valence-electron chi connectivity index (χ3n) is 3.50. The van der Waals surface area contributed by atoms with Gasteiger partial charge in [-0.3, -0.25) is 4.79 Å². The topological polar surface area (TPSA) is 46.9 Å². The van der Waals surface area contributed by atoms with Gasteiger partial charge in [-0.25, -0.2) is 4.98 Å². The van der Waals surface area contributed by atoms with E-state index in [9.17, 15) is 4.79 Å². The number of aryl methyl sites for hydroxylation is 1. The number of rotatable bonds is 5. The van der Waals surface area contributed by atoms with Gasteiger partial charge in [-0.2, -0.15) is 11.3 Å². The van der Waals surface area contributed by atoms with E-state index >= 15 is 0 Å². The zero-order chi connectivity index (χ0) is 15.4. The number of carbonyl (C=O) groups excluding carboxylic acids is 1. The van der Waals surface area contributed by atoms with E-state index in [0.717, 1.165) is 17.0 Å². The molecule has 2 heterocycles. The maximum Gasteiger partial charge on any atom is 0.225 e. The Morgan fingerprint density at radius 1 is 1.32 bits per heavy atom. The van der Waals surface area contributed by atoms with Crippen LogP contribution in [-0.4, -0.2) is 15.5 Å². The second kappa shape index (κ2) is 6.58. The maximum atomic E-state index is 12.4. The number of hydrogen-bond donors (Lipinski definition) is 1. The van der Waals surface area contributed by atoms with E-state index in [1.54, 1.807) is 17.5 Å². The van der Waals surface area contributed by atoms with Gasteiger partial charge >= 0.3 is 0 Å². The lowest BCUT2D eigenvalue weighted by atomic mass is 10.1. The molecular formula is C17H17N3OS. The highest BCUT2D eigenvalue weighted by atomic mass is 32.1. The van der Waals surface area contributed by atoms with Crippen LogP contribution in [0.1, 0.15) is 23.0 Å². The predicted molar refractivity (Wildman–Crippen MR) is 87.7 cm³/mol. The number of thiophene rings is 1. The van der Waals surface area contributed by atoms with Crippen molar-refractivity contribution in [3.63, 3.8) is 0 Å². The summed E-state index contributed by atoms with van der Waals surface area (Å²) in [6.07, 6.45) is 4.02. The van der Waals surface area contributed by atoms with Crippen LogP contribution in [0.15, 0.2) is 59.6 Å². The van der Waals surface area contributed by atoms with Crippen molar-refractivity contribution < 1.29 is 4.79 Å². The highest BCUT2D eigenvalue weighted by molar-refractivity contribution is 7.07. The SMILES string of the molecule is Cn1ccnc1C(NC(=O)Cc1ccsc1)c1ccccc1. The molecule has 0 bridgehead atoms. The first-order valence-electron chi connectivity index (χ1n) is 7.06. The van der Waals surface area contributed by atoms with E-state index in [-0.39, 0.29) is 11.9 Å². The van der Waals surface area contributed by atoms with Gasteiger partial charge in [0.25, 0.3) is 0 Å². The molecule has 1 atom stereocenters. The number of nitrogens with zero attached hydrogens (tertiary/aromatic N) is 2. The average Bonchev–Trinajstić information content (AvgIpc) is 3.17. The van der Waals surface area contributed by atoms with Gasteiger partial charge in [-0.05, 0) is 28.0 Å². The van der Waals surface area contributed by atoms with Crippen molar-refractivity contribution in [3.8, 4) is 0 Å². The van der Waals surface area contributed by atoms with Crippen molar-refractivity contribution >= 4 is 17.2 Å². The maximum absolute atomic E-state index is 12.4. The minimum Gasteiger partial charge on any atom is -0.342 e. The Hall–Kier alpha value is -2.40. The highest BCUT2D eigenvalue weighted by Gasteiger charge is 2.20. The molecule has 0 aliphatic heterocycles. The summed E-state index contributed by atoms with van der Waals surface area (Å²) in [4.78, 5) is 16.8. The van der Waals surface area contributed by atoms with Gasteiger partial charge in [0.15, 0.2) is 0 Å². The minimum atomic E-state index is -0.243. The number of aromatic nitrogens is 2. The minimum absolute atomic E-state index is 0.00440. The molecule has 0 saturated carbocycles. The molecule has 0 spiro atoms. The van der Waals surface area contributed by atoms with Crippen LogP contribution in [0.4, 0.5) is 0 Å². The summed E-state index contributed by atoms with van der Waals surface area (Å²) in [7, 11) is 1.93. The van der Waals surface area contributed by atoms with Gasteiger partial charge in [0.05, 0.1) is 6.42 Å². The molecule has 0 saturated heterocycles. The van der Waals surface area contributed by atoms with Crippen molar-refractivity contribution in [2.24, 2.45) is 7.05 Å². The van der Waals surface area contributed by atoms with Crippen molar-refractivity contribution in [3.05, 3.63) is 76.5 Å². The first kappa shape index (κ1) is 14.5. The summed E-state index contributed by atoms with van der Waals surface area (Å²) in [5.74, 6) is 0.820. The Morgan fingerprint density at radius 3 is 2.77 bits per heavy atom. The molecule has 4 nitrogen and oxygen atoms in total. The van der Waals surface area contributed by atoms with Crippen LogP contribution in [-0.2, 0) is 18.3 Å². The van der Waals surface area contributed by atoms with Crippen LogP contribution < -0.4 is 5.32 Å². The molecule has 5 heteroatoms. The molecule has 22 heavy (non-hydrogen) atoms. The van der Waals surface area contributed by atoms with Gasteiger partial charge in [0, 0.05) is 19.4 Å². The summed E-state index contributed by atoms with van der Waals surface area (Å²) in [6.45, 7) is 0. The van der Waals surface area contributed by atoms with Gasteiger partial charge in [-0.15, -0.1) is 0 Å². The molecule has 0 aliphatic rings. The van der Waals surface area contributed by atoms with Crippen LogP contribution in [0.2, 0.25) is 0 Å².